The lowest BCUT2D eigenvalue weighted by Gasteiger charge is -2.26. The first kappa shape index (κ1) is 14.1. The van der Waals surface area contributed by atoms with Gasteiger partial charge in [0.25, 0.3) is 0 Å². The molecular formula is C15H24N2O2. The molecule has 0 bridgehead atoms. The highest BCUT2D eigenvalue weighted by molar-refractivity contribution is 5.77. The van der Waals surface area contributed by atoms with E-state index in [1.54, 1.807) is 6.26 Å². The van der Waals surface area contributed by atoms with Crippen LogP contribution in [0.2, 0.25) is 0 Å². The Hall–Kier alpha value is -1.29. The Bertz CT molecular complexity index is 368. The summed E-state index contributed by atoms with van der Waals surface area (Å²) in [5, 5.41) is 2.90. The summed E-state index contributed by atoms with van der Waals surface area (Å²) in [7, 11) is 2.06. The fourth-order valence-corrected chi connectivity index (χ4v) is 2.71. The highest BCUT2D eigenvalue weighted by Crippen LogP contribution is 2.20. The molecule has 0 saturated heterocycles. The third-order valence-electron chi connectivity index (χ3n) is 3.88. The summed E-state index contributed by atoms with van der Waals surface area (Å²) in [6, 6.07) is 4.27. The monoisotopic (exact) mass is 264 g/mol. The summed E-state index contributed by atoms with van der Waals surface area (Å²) in [5.41, 5.74) is 0. The third-order valence-corrected chi connectivity index (χ3v) is 3.88. The third kappa shape index (κ3) is 4.71. The fourth-order valence-electron chi connectivity index (χ4n) is 2.71. The van der Waals surface area contributed by atoms with Gasteiger partial charge in [-0.05, 0) is 32.0 Å². The van der Waals surface area contributed by atoms with Gasteiger partial charge < -0.3 is 9.73 Å². The van der Waals surface area contributed by atoms with Crippen molar-refractivity contribution < 1.29 is 9.21 Å². The molecule has 19 heavy (non-hydrogen) atoms. The van der Waals surface area contributed by atoms with Gasteiger partial charge in [-0.15, -0.1) is 0 Å². The van der Waals surface area contributed by atoms with E-state index in [4.69, 9.17) is 4.42 Å². The Kier molecular flexibility index (Phi) is 5.45. The highest BCUT2D eigenvalue weighted by Gasteiger charge is 2.18. The van der Waals surface area contributed by atoms with Crippen molar-refractivity contribution in [2.75, 3.05) is 13.6 Å². The van der Waals surface area contributed by atoms with Gasteiger partial charge >= 0.3 is 0 Å². The smallest absolute Gasteiger partial charge is 0.234 e. The molecule has 4 heteroatoms. The summed E-state index contributed by atoms with van der Waals surface area (Å²) in [4.78, 5) is 14.1. The van der Waals surface area contributed by atoms with E-state index in [2.05, 4.69) is 17.3 Å². The van der Waals surface area contributed by atoms with Crippen LogP contribution >= 0.6 is 0 Å². The zero-order chi connectivity index (χ0) is 13.5. The number of hydrogen-bond donors (Lipinski definition) is 1. The quantitative estimate of drug-likeness (QED) is 0.831. The Balaban J connectivity index is 1.71. The molecule has 1 aromatic rings. The second-order valence-corrected chi connectivity index (χ2v) is 5.42. The van der Waals surface area contributed by atoms with E-state index < -0.39 is 0 Å². The molecule has 106 valence electrons. The standard InChI is InChI=1S/C15H24N2O2/c1-17(13-7-4-2-3-5-8-13)12-15(18)16-11-14-9-6-10-19-14/h6,9-10,13H,2-5,7-8,11-12H2,1H3,(H,16,18). The molecule has 0 aromatic carbocycles. The SMILES string of the molecule is CN(CC(=O)NCc1ccco1)C1CCCCCC1. The number of carbonyl (C=O) groups excluding carboxylic acids is 1. The molecule has 0 unspecified atom stereocenters. The van der Waals surface area contributed by atoms with Crippen molar-refractivity contribution in [3.63, 3.8) is 0 Å². The van der Waals surface area contributed by atoms with Crippen molar-refractivity contribution in [2.24, 2.45) is 0 Å². The molecule has 1 fully saturated rings. The van der Waals surface area contributed by atoms with Gasteiger partial charge in [0.05, 0.1) is 19.4 Å². The van der Waals surface area contributed by atoms with Crippen molar-refractivity contribution >= 4 is 5.91 Å². The van der Waals surface area contributed by atoms with E-state index in [0.29, 0.717) is 19.1 Å². The Morgan fingerprint density at radius 3 is 2.74 bits per heavy atom. The lowest BCUT2D eigenvalue weighted by Crippen LogP contribution is -2.40. The largest absolute Gasteiger partial charge is 0.467 e. The molecule has 1 aliphatic carbocycles. The number of nitrogens with zero attached hydrogens (tertiary/aromatic N) is 1. The molecule has 0 atom stereocenters. The normalized spacial score (nSPS) is 17.4. The minimum atomic E-state index is 0.0724. The van der Waals surface area contributed by atoms with Crippen molar-refractivity contribution in [2.45, 2.75) is 51.1 Å². The van der Waals surface area contributed by atoms with Gasteiger partial charge in [-0.2, -0.15) is 0 Å². The molecule has 1 N–H and O–H groups in total. The minimum absolute atomic E-state index is 0.0724. The van der Waals surface area contributed by atoms with Crippen LogP contribution in [0.5, 0.6) is 0 Å². The van der Waals surface area contributed by atoms with Crippen molar-refractivity contribution in [3.8, 4) is 0 Å². The van der Waals surface area contributed by atoms with E-state index in [9.17, 15) is 4.79 Å². The van der Waals surface area contributed by atoms with Gasteiger partial charge in [-0.1, -0.05) is 25.7 Å². The van der Waals surface area contributed by atoms with Gasteiger partial charge in [-0.25, -0.2) is 0 Å². The molecule has 1 aliphatic rings. The first-order chi connectivity index (χ1) is 9.25. The molecule has 1 amide bonds. The lowest BCUT2D eigenvalue weighted by molar-refractivity contribution is -0.122. The first-order valence-electron chi connectivity index (χ1n) is 7.25. The van der Waals surface area contributed by atoms with Gasteiger partial charge in [-0.3, -0.25) is 9.69 Å². The molecule has 0 spiro atoms. The van der Waals surface area contributed by atoms with Crippen molar-refractivity contribution in [1.82, 2.24) is 10.2 Å². The van der Waals surface area contributed by atoms with Crippen LogP contribution in [0, 0.1) is 0 Å². The maximum Gasteiger partial charge on any atom is 0.234 e. The van der Waals surface area contributed by atoms with Gasteiger partial charge in [0.15, 0.2) is 0 Å². The molecule has 1 aromatic heterocycles. The average molecular weight is 264 g/mol. The predicted molar refractivity (Wildman–Crippen MR) is 74.7 cm³/mol. The van der Waals surface area contributed by atoms with Crippen LogP contribution in [-0.4, -0.2) is 30.4 Å². The number of nitrogens with one attached hydrogen (secondary N) is 1. The first-order valence-corrected chi connectivity index (χ1v) is 7.25. The van der Waals surface area contributed by atoms with Crippen LogP contribution in [0.25, 0.3) is 0 Å². The molecule has 0 radical (unpaired) electrons. The highest BCUT2D eigenvalue weighted by atomic mass is 16.3. The Morgan fingerprint density at radius 2 is 2.11 bits per heavy atom. The maximum absolute atomic E-state index is 11.9. The summed E-state index contributed by atoms with van der Waals surface area (Å²) >= 11 is 0. The number of furan rings is 1. The van der Waals surface area contributed by atoms with Gasteiger partial charge in [0.1, 0.15) is 5.76 Å². The number of amides is 1. The average Bonchev–Trinajstić information content (AvgIpc) is 2.76. The molecular weight excluding hydrogens is 240 g/mol. The summed E-state index contributed by atoms with van der Waals surface area (Å²) in [6.07, 6.45) is 9.35. The molecule has 1 saturated carbocycles. The number of carbonyl (C=O) groups is 1. The van der Waals surface area contributed by atoms with Gasteiger partial charge in [0, 0.05) is 6.04 Å². The summed E-state index contributed by atoms with van der Waals surface area (Å²) in [5.74, 6) is 0.869. The number of hydrogen-bond acceptors (Lipinski definition) is 3. The summed E-state index contributed by atoms with van der Waals surface area (Å²) < 4.78 is 5.19. The van der Waals surface area contributed by atoms with E-state index >= 15 is 0 Å². The van der Waals surface area contributed by atoms with Crippen LogP contribution in [-0.2, 0) is 11.3 Å². The van der Waals surface area contributed by atoms with E-state index in [-0.39, 0.29) is 5.91 Å². The van der Waals surface area contributed by atoms with Crippen molar-refractivity contribution in [1.29, 1.82) is 0 Å². The van der Waals surface area contributed by atoms with E-state index in [0.717, 1.165) is 5.76 Å². The van der Waals surface area contributed by atoms with Crippen LogP contribution in [0.3, 0.4) is 0 Å². The second-order valence-electron chi connectivity index (χ2n) is 5.42. The zero-order valence-corrected chi connectivity index (χ0v) is 11.7. The van der Waals surface area contributed by atoms with E-state index in [1.807, 2.05) is 12.1 Å². The van der Waals surface area contributed by atoms with Crippen LogP contribution in [0.15, 0.2) is 22.8 Å². The molecule has 2 rings (SSSR count). The molecule has 4 nitrogen and oxygen atoms in total. The second kappa shape index (κ2) is 7.34. The Labute approximate surface area is 115 Å². The zero-order valence-electron chi connectivity index (χ0n) is 11.7. The van der Waals surface area contributed by atoms with Crippen LogP contribution in [0.4, 0.5) is 0 Å². The van der Waals surface area contributed by atoms with E-state index in [1.165, 1.54) is 38.5 Å². The maximum atomic E-state index is 11.9. The molecule has 1 heterocycles. The van der Waals surface area contributed by atoms with Gasteiger partial charge in [0.2, 0.25) is 5.91 Å². The Morgan fingerprint density at radius 1 is 1.37 bits per heavy atom. The predicted octanol–water partition coefficient (Wildman–Crippen LogP) is 2.55. The number of likely N-dealkylation sites (N-methyl/N-ethyl adjacent to an activating group) is 1. The minimum Gasteiger partial charge on any atom is -0.467 e. The fraction of sp³-hybridized carbons (Fsp3) is 0.667. The van der Waals surface area contributed by atoms with Crippen molar-refractivity contribution in [3.05, 3.63) is 24.2 Å². The van der Waals surface area contributed by atoms with Crippen LogP contribution in [0.1, 0.15) is 44.3 Å². The van der Waals surface area contributed by atoms with Crippen LogP contribution < -0.4 is 5.32 Å². The number of rotatable bonds is 5. The topological polar surface area (TPSA) is 45.5 Å². The molecule has 0 aliphatic heterocycles. The summed E-state index contributed by atoms with van der Waals surface area (Å²) in [6.45, 7) is 0.954. The lowest BCUT2D eigenvalue weighted by atomic mass is 10.1.